The van der Waals surface area contributed by atoms with Crippen LogP contribution in [0.4, 0.5) is 0 Å². The van der Waals surface area contributed by atoms with E-state index >= 15 is 0 Å². The molecule has 1 atom stereocenters. The largest absolute Gasteiger partial charge is 0.281 e. The van der Waals surface area contributed by atoms with Gasteiger partial charge in [-0.2, -0.15) is 0 Å². The fraction of sp³-hybridized carbons (Fsp3) is 0.857. The molecular formula is C7H12Cl2O. The first-order valence-electron chi connectivity index (χ1n) is 3.47. The molecule has 0 aliphatic carbocycles. The van der Waals surface area contributed by atoms with Gasteiger partial charge in [0, 0.05) is 11.8 Å². The molecule has 60 valence electrons. The van der Waals surface area contributed by atoms with Crippen LogP contribution in [-0.4, -0.2) is 11.1 Å². The van der Waals surface area contributed by atoms with E-state index in [4.69, 9.17) is 23.2 Å². The number of rotatable bonds is 5. The number of halogens is 2. The van der Waals surface area contributed by atoms with Crippen LogP contribution in [0.3, 0.4) is 0 Å². The molecule has 0 aromatic rings. The summed E-state index contributed by atoms with van der Waals surface area (Å²) in [5, 5.41) is -0.229. The molecule has 0 amide bonds. The van der Waals surface area contributed by atoms with Gasteiger partial charge in [0.2, 0.25) is 5.24 Å². The molecule has 0 unspecified atom stereocenters. The maximum atomic E-state index is 10.6. The van der Waals surface area contributed by atoms with E-state index in [0.717, 1.165) is 19.3 Å². The maximum absolute atomic E-state index is 10.6. The minimum atomic E-state index is -0.229. The zero-order valence-electron chi connectivity index (χ0n) is 6.07. The third kappa shape index (κ3) is 4.13. The highest BCUT2D eigenvalue weighted by atomic mass is 35.5. The minimum Gasteiger partial charge on any atom is -0.281 e. The summed E-state index contributed by atoms with van der Waals surface area (Å²) in [6.07, 6.45) is 2.51. The lowest BCUT2D eigenvalue weighted by Crippen LogP contribution is -2.07. The molecule has 0 aromatic heterocycles. The van der Waals surface area contributed by atoms with Crippen LogP contribution in [0.5, 0.6) is 0 Å². The lowest BCUT2D eigenvalue weighted by Gasteiger charge is -2.06. The Balaban J connectivity index is 3.50. The van der Waals surface area contributed by atoms with Gasteiger partial charge in [0.25, 0.3) is 0 Å². The third-order valence-corrected chi connectivity index (χ3v) is 2.08. The average molecular weight is 183 g/mol. The molecule has 0 saturated carbocycles. The van der Waals surface area contributed by atoms with Gasteiger partial charge in [-0.05, 0) is 30.9 Å². The molecule has 0 heterocycles. The Bertz CT molecular complexity index is 104. The summed E-state index contributed by atoms with van der Waals surface area (Å²) >= 11 is 10.8. The first-order valence-corrected chi connectivity index (χ1v) is 4.39. The second-order valence-corrected chi connectivity index (χ2v) is 2.99. The van der Waals surface area contributed by atoms with E-state index in [9.17, 15) is 4.79 Å². The van der Waals surface area contributed by atoms with Crippen LogP contribution < -0.4 is 0 Å². The van der Waals surface area contributed by atoms with Crippen molar-refractivity contribution in [2.24, 2.45) is 5.92 Å². The lowest BCUT2D eigenvalue weighted by molar-refractivity contribution is -0.115. The molecule has 0 radical (unpaired) electrons. The molecule has 0 aliphatic rings. The molecule has 0 bridgehead atoms. The molecule has 3 heteroatoms. The zero-order chi connectivity index (χ0) is 7.98. The molecule has 0 aliphatic heterocycles. The van der Waals surface area contributed by atoms with Crippen molar-refractivity contribution in [1.29, 1.82) is 0 Å². The summed E-state index contributed by atoms with van der Waals surface area (Å²) in [5.41, 5.74) is 0. The van der Waals surface area contributed by atoms with E-state index in [0.29, 0.717) is 5.88 Å². The van der Waals surface area contributed by atoms with Crippen LogP contribution in [0.1, 0.15) is 26.2 Å². The van der Waals surface area contributed by atoms with E-state index in [2.05, 4.69) is 0 Å². The van der Waals surface area contributed by atoms with Crippen LogP contribution in [0.15, 0.2) is 0 Å². The lowest BCUT2D eigenvalue weighted by atomic mass is 10.0. The SMILES string of the molecule is CC[C@H](CCCCl)C(=O)Cl. The van der Waals surface area contributed by atoms with E-state index in [-0.39, 0.29) is 11.2 Å². The molecule has 10 heavy (non-hydrogen) atoms. The van der Waals surface area contributed by atoms with Crippen molar-refractivity contribution in [2.45, 2.75) is 26.2 Å². The number of hydrogen-bond acceptors (Lipinski definition) is 1. The fourth-order valence-electron chi connectivity index (χ4n) is 0.802. The van der Waals surface area contributed by atoms with Crippen molar-refractivity contribution < 1.29 is 4.79 Å². The van der Waals surface area contributed by atoms with Gasteiger partial charge >= 0.3 is 0 Å². The fourth-order valence-corrected chi connectivity index (χ4v) is 1.22. The maximum Gasteiger partial charge on any atom is 0.224 e. The van der Waals surface area contributed by atoms with Gasteiger partial charge in [0.15, 0.2) is 0 Å². The highest BCUT2D eigenvalue weighted by molar-refractivity contribution is 6.63. The van der Waals surface area contributed by atoms with E-state index in [1.807, 2.05) is 6.92 Å². The van der Waals surface area contributed by atoms with Gasteiger partial charge in [0.1, 0.15) is 0 Å². The monoisotopic (exact) mass is 182 g/mol. The Labute approximate surface area is 71.7 Å². The Morgan fingerprint density at radius 2 is 2.20 bits per heavy atom. The third-order valence-electron chi connectivity index (χ3n) is 1.50. The van der Waals surface area contributed by atoms with E-state index in [1.54, 1.807) is 0 Å². The Hall–Kier alpha value is 0.250. The number of hydrogen-bond donors (Lipinski definition) is 0. The van der Waals surface area contributed by atoms with Crippen LogP contribution in [0.25, 0.3) is 0 Å². The Kier molecular flexibility index (Phi) is 6.14. The van der Waals surface area contributed by atoms with E-state index in [1.165, 1.54) is 0 Å². The molecule has 0 rings (SSSR count). The number of carbonyl (C=O) groups is 1. The van der Waals surface area contributed by atoms with Crippen LogP contribution in [0.2, 0.25) is 0 Å². The van der Waals surface area contributed by atoms with Crippen molar-refractivity contribution in [3.63, 3.8) is 0 Å². The van der Waals surface area contributed by atoms with Gasteiger partial charge in [-0.15, -0.1) is 11.6 Å². The van der Waals surface area contributed by atoms with Crippen molar-refractivity contribution in [1.82, 2.24) is 0 Å². The van der Waals surface area contributed by atoms with Crippen LogP contribution in [0, 0.1) is 5.92 Å². The summed E-state index contributed by atoms with van der Waals surface area (Å²) in [4.78, 5) is 10.6. The van der Waals surface area contributed by atoms with E-state index < -0.39 is 0 Å². The first-order chi connectivity index (χ1) is 4.72. The highest BCUT2D eigenvalue weighted by Gasteiger charge is 2.12. The summed E-state index contributed by atoms with van der Waals surface area (Å²) in [5.74, 6) is 0.626. The standard InChI is InChI=1S/C7H12Cl2O/c1-2-6(7(9)10)4-3-5-8/h6H,2-5H2,1H3/t6-/m1/s1. The predicted molar refractivity (Wildman–Crippen MR) is 44.6 cm³/mol. The summed E-state index contributed by atoms with van der Waals surface area (Å²) in [7, 11) is 0. The molecule has 0 spiro atoms. The second kappa shape index (κ2) is 5.99. The molecule has 1 nitrogen and oxygen atoms in total. The Morgan fingerprint density at radius 3 is 2.50 bits per heavy atom. The summed E-state index contributed by atoms with van der Waals surface area (Å²) in [6, 6.07) is 0. The average Bonchev–Trinajstić information content (AvgIpc) is 1.89. The molecule has 0 N–H and O–H groups in total. The Morgan fingerprint density at radius 1 is 1.60 bits per heavy atom. The van der Waals surface area contributed by atoms with Gasteiger partial charge in [-0.3, -0.25) is 4.79 Å². The van der Waals surface area contributed by atoms with Crippen molar-refractivity contribution >= 4 is 28.4 Å². The predicted octanol–water partition coefficient (Wildman–Crippen LogP) is 2.80. The van der Waals surface area contributed by atoms with Crippen molar-refractivity contribution in [3.8, 4) is 0 Å². The van der Waals surface area contributed by atoms with Crippen LogP contribution >= 0.6 is 23.2 Å². The summed E-state index contributed by atoms with van der Waals surface area (Å²) in [6.45, 7) is 1.96. The number of alkyl halides is 1. The molecule has 0 fully saturated rings. The van der Waals surface area contributed by atoms with Crippen LogP contribution in [-0.2, 0) is 4.79 Å². The van der Waals surface area contributed by atoms with Gasteiger partial charge < -0.3 is 0 Å². The first kappa shape index (κ1) is 10.2. The smallest absolute Gasteiger partial charge is 0.224 e. The topological polar surface area (TPSA) is 17.1 Å². The highest BCUT2D eigenvalue weighted by Crippen LogP contribution is 2.14. The van der Waals surface area contributed by atoms with Gasteiger partial charge in [0.05, 0.1) is 0 Å². The minimum absolute atomic E-state index is 0.0143. The normalized spacial score (nSPS) is 13.1. The number of carbonyl (C=O) groups excluding carboxylic acids is 1. The second-order valence-electron chi connectivity index (χ2n) is 2.24. The van der Waals surface area contributed by atoms with Gasteiger partial charge in [-0.1, -0.05) is 6.92 Å². The molecule has 0 aromatic carbocycles. The zero-order valence-corrected chi connectivity index (χ0v) is 7.58. The van der Waals surface area contributed by atoms with Crippen molar-refractivity contribution in [3.05, 3.63) is 0 Å². The van der Waals surface area contributed by atoms with Gasteiger partial charge in [-0.25, -0.2) is 0 Å². The summed E-state index contributed by atoms with van der Waals surface area (Å²) < 4.78 is 0. The van der Waals surface area contributed by atoms with Crippen molar-refractivity contribution in [2.75, 3.05) is 5.88 Å². The molecular weight excluding hydrogens is 171 g/mol. The quantitative estimate of drug-likeness (QED) is 0.473. The molecule has 0 saturated heterocycles.